The lowest BCUT2D eigenvalue weighted by Gasteiger charge is -2.09. The molecule has 0 fully saturated rings. The molecule has 0 bridgehead atoms. The molecule has 0 aliphatic heterocycles. The van der Waals surface area contributed by atoms with Crippen LogP contribution < -0.4 is 11.3 Å². The molecule has 82 valence electrons. The number of pyridine rings is 1. The number of nitrogens with two attached hydrogens (primary N) is 1. The summed E-state index contributed by atoms with van der Waals surface area (Å²) in [6, 6.07) is 10.7. The minimum atomic E-state index is -0.0300. The molecule has 0 radical (unpaired) electrons. The van der Waals surface area contributed by atoms with Crippen molar-refractivity contribution in [1.29, 1.82) is 0 Å². The van der Waals surface area contributed by atoms with Gasteiger partial charge in [-0.2, -0.15) is 0 Å². The molecule has 0 amide bonds. The Hall–Kier alpha value is -1.55. The standard InChI is InChI=1S/C12H11BrN2O/c13-10-4-3-5-11(14)9(10)8-15-7-2-1-6-12(15)16/h1-7H,8,14H2. The highest BCUT2D eigenvalue weighted by Crippen LogP contribution is 2.22. The van der Waals surface area contributed by atoms with Gasteiger partial charge in [0, 0.05) is 28.0 Å². The number of anilines is 1. The van der Waals surface area contributed by atoms with Crippen molar-refractivity contribution in [1.82, 2.24) is 4.57 Å². The first-order chi connectivity index (χ1) is 7.68. The number of rotatable bonds is 2. The van der Waals surface area contributed by atoms with Gasteiger partial charge < -0.3 is 10.3 Å². The normalized spacial score (nSPS) is 10.3. The van der Waals surface area contributed by atoms with Gasteiger partial charge in [0.15, 0.2) is 0 Å². The lowest BCUT2D eigenvalue weighted by Crippen LogP contribution is -2.19. The number of halogens is 1. The van der Waals surface area contributed by atoms with Crippen molar-refractivity contribution in [2.24, 2.45) is 0 Å². The van der Waals surface area contributed by atoms with E-state index in [2.05, 4.69) is 15.9 Å². The Morgan fingerprint density at radius 1 is 1.19 bits per heavy atom. The Labute approximate surface area is 102 Å². The van der Waals surface area contributed by atoms with E-state index in [0.29, 0.717) is 12.2 Å². The highest BCUT2D eigenvalue weighted by atomic mass is 79.9. The van der Waals surface area contributed by atoms with Crippen molar-refractivity contribution in [3.63, 3.8) is 0 Å². The van der Waals surface area contributed by atoms with Gasteiger partial charge in [-0.3, -0.25) is 4.79 Å². The van der Waals surface area contributed by atoms with Crippen LogP contribution in [-0.2, 0) is 6.54 Å². The summed E-state index contributed by atoms with van der Waals surface area (Å²) in [4.78, 5) is 11.6. The van der Waals surface area contributed by atoms with Gasteiger partial charge >= 0.3 is 0 Å². The van der Waals surface area contributed by atoms with Gasteiger partial charge in [0.05, 0.1) is 6.54 Å². The van der Waals surface area contributed by atoms with E-state index in [9.17, 15) is 4.79 Å². The third-order valence-electron chi connectivity index (χ3n) is 2.38. The molecule has 0 aliphatic carbocycles. The van der Waals surface area contributed by atoms with Gasteiger partial charge in [0.1, 0.15) is 0 Å². The van der Waals surface area contributed by atoms with Gasteiger partial charge in [-0.25, -0.2) is 0 Å². The van der Waals surface area contributed by atoms with E-state index >= 15 is 0 Å². The van der Waals surface area contributed by atoms with Crippen molar-refractivity contribution < 1.29 is 0 Å². The van der Waals surface area contributed by atoms with Crippen molar-refractivity contribution in [3.05, 3.63) is 63.0 Å². The Balaban J connectivity index is 2.42. The van der Waals surface area contributed by atoms with Gasteiger partial charge in [-0.1, -0.05) is 28.1 Å². The second-order valence-electron chi connectivity index (χ2n) is 3.47. The SMILES string of the molecule is Nc1cccc(Br)c1Cn1ccccc1=O. The molecular formula is C12H11BrN2O. The second-order valence-corrected chi connectivity index (χ2v) is 4.33. The fraction of sp³-hybridized carbons (Fsp3) is 0.0833. The molecule has 1 aromatic heterocycles. The largest absolute Gasteiger partial charge is 0.398 e. The van der Waals surface area contributed by atoms with E-state index in [4.69, 9.17) is 5.73 Å². The van der Waals surface area contributed by atoms with Crippen LogP contribution in [0, 0.1) is 0 Å². The first-order valence-electron chi connectivity index (χ1n) is 4.87. The summed E-state index contributed by atoms with van der Waals surface area (Å²) in [5.74, 6) is 0. The fourth-order valence-corrected chi connectivity index (χ4v) is 2.01. The van der Waals surface area contributed by atoms with Crippen molar-refractivity contribution in [2.45, 2.75) is 6.54 Å². The summed E-state index contributed by atoms with van der Waals surface area (Å²) in [5, 5.41) is 0. The molecule has 0 atom stereocenters. The van der Waals surface area contributed by atoms with Crippen molar-refractivity contribution >= 4 is 21.6 Å². The Morgan fingerprint density at radius 3 is 2.69 bits per heavy atom. The number of nitrogens with zero attached hydrogens (tertiary/aromatic N) is 1. The first kappa shape index (κ1) is 11.0. The molecule has 0 unspecified atom stereocenters. The zero-order valence-corrected chi connectivity index (χ0v) is 10.1. The molecule has 16 heavy (non-hydrogen) atoms. The van der Waals surface area contributed by atoms with Crippen LogP contribution in [-0.4, -0.2) is 4.57 Å². The minimum absolute atomic E-state index is 0.0300. The van der Waals surface area contributed by atoms with Crippen LogP contribution in [0.1, 0.15) is 5.56 Å². The molecule has 3 nitrogen and oxygen atoms in total. The van der Waals surface area contributed by atoms with Crippen LogP contribution in [0.15, 0.2) is 51.9 Å². The van der Waals surface area contributed by atoms with Gasteiger partial charge in [0.2, 0.25) is 0 Å². The molecular weight excluding hydrogens is 268 g/mol. The molecule has 0 spiro atoms. The Bertz CT molecular complexity index is 543. The molecule has 0 saturated carbocycles. The van der Waals surface area contributed by atoms with Gasteiger partial charge in [0.25, 0.3) is 5.56 Å². The molecule has 2 N–H and O–H groups in total. The summed E-state index contributed by atoms with van der Waals surface area (Å²) in [6.07, 6.45) is 1.75. The third kappa shape index (κ3) is 2.17. The van der Waals surface area contributed by atoms with Crippen LogP contribution in [0.5, 0.6) is 0 Å². The number of hydrogen-bond acceptors (Lipinski definition) is 2. The van der Waals surface area contributed by atoms with E-state index in [1.165, 1.54) is 6.07 Å². The first-order valence-corrected chi connectivity index (χ1v) is 5.66. The molecule has 4 heteroatoms. The van der Waals surface area contributed by atoms with Crippen LogP contribution in [0.4, 0.5) is 5.69 Å². The predicted molar refractivity (Wildman–Crippen MR) is 68.4 cm³/mol. The number of nitrogen functional groups attached to an aromatic ring is 1. The van der Waals surface area contributed by atoms with Crippen molar-refractivity contribution in [3.8, 4) is 0 Å². The van der Waals surface area contributed by atoms with Gasteiger partial charge in [-0.05, 0) is 18.2 Å². The molecule has 1 aromatic carbocycles. The second kappa shape index (κ2) is 4.53. The van der Waals surface area contributed by atoms with E-state index in [0.717, 1.165) is 10.0 Å². The maximum atomic E-state index is 11.6. The van der Waals surface area contributed by atoms with E-state index in [1.54, 1.807) is 16.8 Å². The third-order valence-corrected chi connectivity index (χ3v) is 3.13. The lowest BCUT2D eigenvalue weighted by molar-refractivity contribution is 0.758. The fourth-order valence-electron chi connectivity index (χ4n) is 1.50. The monoisotopic (exact) mass is 278 g/mol. The maximum Gasteiger partial charge on any atom is 0.250 e. The topological polar surface area (TPSA) is 48.0 Å². The van der Waals surface area contributed by atoms with Gasteiger partial charge in [-0.15, -0.1) is 0 Å². The summed E-state index contributed by atoms with van der Waals surface area (Å²) in [7, 11) is 0. The zero-order chi connectivity index (χ0) is 11.5. The van der Waals surface area contributed by atoms with E-state index in [-0.39, 0.29) is 5.56 Å². The van der Waals surface area contributed by atoms with E-state index in [1.807, 2.05) is 24.3 Å². The predicted octanol–water partition coefficient (Wildman–Crippen LogP) is 2.24. The van der Waals surface area contributed by atoms with Crippen LogP contribution in [0.25, 0.3) is 0 Å². The molecule has 2 rings (SSSR count). The van der Waals surface area contributed by atoms with Crippen molar-refractivity contribution in [2.75, 3.05) is 5.73 Å². The smallest absolute Gasteiger partial charge is 0.250 e. The summed E-state index contributed by atoms with van der Waals surface area (Å²) in [6.45, 7) is 0.479. The Kier molecular flexibility index (Phi) is 3.10. The molecule has 0 aliphatic rings. The summed E-state index contributed by atoms with van der Waals surface area (Å²) >= 11 is 3.43. The minimum Gasteiger partial charge on any atom is -0.398 e. The Morgan fingerprint density at radius 2 is 2.00 bits per heavy atom. The number of hydrogen-bond donors (Lipinski definition) is 1. The number of benzene rings is 1. The molecule has 1 heterocycles. The summed E-state index contributed by atoms with van der Waals surface area (Å²) < 4.78 is 2.54. The zero-order valence-electron chi connectivity index (χ0n) is 8.56. The summed E-state index contributed by atoms with van der Waals surface area (Å²) in [5.41, 5.74) is 7.46. The quantitative estimate of drug-likeness (QED) is 0.857. The maximum absolute atomic E-state index is 11.6. The molecule has 2 aromatic rings. The molecule has 0 saturated heterocycles. The highest BCUT2D eigenvalue weighted by Gasteiger charge is 2.05. The number of aromatic nitrogens is 1. The lowest BCUT2D eigenvalue weighted by atomic mass is 10.2. The average molecular weight is 279 g/mol. The average Bonchev–Trinajstić information content (AvgIpc) is 2.26. The van der Waals surface area contributed by atoms with Crippen LogP contribution in [0.2, 0.25) is 0 Å². The van der Waals surface area contributed by atoms with Crippen LogP contribution >= 0.6 is 15.9 Å². The van der Waals surface area contributed by atoms with Crippen LogP contribution in [0.3, 0.4) is 0 Å². The highest BCUT2D eigenvalue weighted by molar-refractivity contribution is 9.10. The van der Waals surface area contributed by atoms with E-state index < -0.39 is 0 Å².